The van der Waals surface area contributed by atoms with Crippen LogP contribution in [0.25, 0.3) is 16.7 Å². The zero-order valence-corrected chi connectivity index (χ0v) is 40.8. The van der Waals surface area contributed by atoms with Gasteiger partial charge in [0, 0.05) is 0 Å². The first-order chi connectivity index (χ1) is 24.1. The molecule has 2 aliphatic rings. The summed E-state index contributed by atoms with van der Waals surface area (Å²) < 4.78 is 2.59. The van der Waals surface area contributed by atoms with Gasteiger partial charge in [-0.05, 0) is 0 Å². The summed E-state index contributed by atoms with van der Waals surface area (Å²) in [6, 6.07) is 20.9. The molecule has 0 spiro atoms. The fraction of sp³-hybridized carbons (Fsp3) is 0.318. The molecule has 0 saturated heterocycles. The molecule has 0 amide bonds. The zero-order valence-electron chi connectivity index (χ0n) is 31.2. The van der Waals surface area contributed by atoms with E-state index in [0.717, 1.165) is 92.5 Å². The number of aryl methyl sites for hydroxylation is 2. The maximum atomic E-state index is 3.96. The number of hydrogen-bond acceptors (Lipinski definition) is 3. The van der Waals surface area contributed by atoms with Crippen LogP contribution in [-0.4, -0.2) is 79.7 Å². The normalized spacial score (nSPS) is 16.4. The second-order valence-electron chi connectivity index (χ2n) is 12.8. The fourth-order valence-electron chi connectivity index (χ4n) is 6.38. The standard InChI is InChI=1S/C42H46N2S2.C2H6.2Pb/c1-8-29-24-30(9-2)26-35(25-29)42-33(16-14-31(10-3)38-20-18-36(43(4)5)27-40(38)45)12-11-13-34(42)17-15-32-22-23-46-41-28-37(44(6)7)19-21-39(32)41;1-2;;/h10,14-22,24-28,45H,3,8-9,11-13H2,1-2,4-7H3;1-2H3;;/p+1/b16-14+,31-10-,32-15+,34-17+;;;. The summed E-state index contributed by atoms with van der Waals surface area (Å²) in [6.45, 7) is 8.55. The van der Waals surface area contributed by atoms with E-state index in [0.29, 0.717) is 0 Å². The predicted molar refractivity (Wildman–Crippen MR) is 231 cm³/mol. The van der Waals surface area contributed by atoms with Crippen molar-refractivity contribution in [2.75, 3.05) is 38.0 Å². The van der Waals surface area contributed by atoms with Crippen molar-refractivity contribution in [2.45, 2.75) is 73.6 Å². The van der Waals surface area contributed by atoms with Gasteiger partial charge in [0.2, 0.25) is 0 Å². The zero-order chi connectivity index (χ0) is 36.4. The van der Waals surface area contributed by atoms with Gasteiger partial charge in [0.1, 0.15) is 0 Å². The number of benzene rings is 3. The van der Waals surface area contributed by atoms with Gasteiger partial charge >= 0.3 is 334 Å². The third-order valence-corrected chi connectivity index (χ3v) is 12.9. The van der Waals surface area contributed by atoms with Crippen LogP contribution in [0, 0.1) is 0 Å². The Balaban J connectivity index is 0.00000276. The number of anilines is 2. The molecule has 1 heterocycles. The van der Waals surface area contributed by atoms with E-state index in [1.807, 2.05) is 25.6 Å². The monoisotopic (exact) mass is 1090 g/mol. The van der Waals surface area contributed by atoms with Crippen LogP contribution < -0.4 is 9.80 Å². The van der Waals surface area contributed by atoms with E-state index in [1.165, 1.54) is 74.4 Å². The van der Waals surface area contributed by atoms with Gasteiger partial charge in [0.25, 0.3) is 0 Å². The summed E-state index contributed by atoms with van der Waals surface area (Å²) in [6.07, 6.45) is 19.9. The summed E-state index contributed by atoms with van der Waals surface area (Å²) in [4.78, 5) is 6.85. The minimum absolute atomic E-state index is 1.05. The van der Waals surface area contributed by atoms with Gasteiger partial charge in [0.05, 0.1) is 0 Å². The Hall–Kier alpha value is -1.76. The molecule has 0 N–H and O–H groups in total. The van der Waals surface area contributed by atoms with Crippen LogP contribution in [0.3, 0.4) is 0 Å². The Kier molecular flexibility index (Phi) is 16.3. The van der Waals surface area contributed by atoms with E-state index >= 15 is 0 Å². The van der Waals surface area contributed by atoms with E-state index in [1.54, 1.807) is 0 Å². The van der Waals surface area contributed by atoms with Crippen molar-refractivity contribution in [3.8, 4) is 0 Å². The molecule has 0 atom stereocenters. The van der Waals surface area contributed by atoms with E-state index in [4.69, 9.17) is 0 Å². The van der Waals surface area contributed by atoms with Crippen LogP contribution in [0.2, 0.25) is 3.98 Å². The first kappa shape index (κ1) is 41.0. The van der Waals surface area contributed by atoms with Crippen molar-refractivity contribution in [1.82, 2.24) is 0 Å². The van der Waals surface area contributed by atoms with E-state index < -0.39 is 0 Å². The van der Waals surface area contributed by atoms with E-state index in [2.05, 4.69) is 156 Å². The molecule has 0 aromatic heterocycles. The summed E-state index contributed by atoms with van der Waals surface area (Å²) in [7, 11) is 8.43. The van der Waals surface area contributed by atoms with Gasteiger partial charge in [-0.3, -0.25) is 0 Å². The van der Waals surface area contributed by atoms with Crippen LogP contribution in [0.5, 0.6) is 0 Å². The fourth-order valence-corrected chi connectivity index (χ4v) is 10.4. The first-order valence-electron chi connectivity index (χ1n) is 17.9. The van der Waals surface area contributed by atoms with Gasteiger partial charge in [-0.2, -0.15) is 0 Å². The summed E-state index contributed by atoms with van der Waals surface area (Å²) in [5.74, 6) is 0. The Labute approximate surface area is 344 Å². The molecule has 5 rings (SSSR count). The van der Waals surface area contributed by atoms with Crippen LogP contribution in [-0.2, 0) is 25.5 Å². The average molecular weight is 1090 g/mol. The number of nitrogens with zero attached hydrogens (tertiary/aromatic N) is 2. The Morgan fingerprint density at radius 3 is 2.14 bits per heavy atom. The quantitative estimate of drug-likeness (QED) is 0.114. The second kappa shape index (κ2) is 19.9. The van der Waals surface area contributed by atoms with Gasteiger partial charge < -0.3 is 0 Å². The summed E-state index contributed by atoms with van der Waals surface area (Å²) >= 11 is 8.09. The van der Waals surface area contributed by atoms with Crippen molar-refractivity contribution in [3.05, 3.63) is 132 Å². The molecule has 0 fully saturated rings. The van der Waals surface area contributed by atoms with Gasteiger partial charge in [-0.25, -0.2) is 0 Å². The number of hydrogen-bond donors (Lipinski definition) is 0. The molecule has 0 bridgehead atoms. The molecule has 1 aliphatic carbocycles. The molecule has 6 heteroatoms. The molecule has 258 valence electrons. The van der Waals surface area contributed by atoms with E-state index in [-0.39, 0.29) is 0 Å². The minimum atomic E-state index is 1.05. The predicted octanol–water partition coefficient (Wildman–Crippen LogP) is 10.6. The summed E-state index contributed by atoms with van der Waals surface area (Å²) in [5, 5.41) is 0. The third kappa shape index (κ3) is 10.4. The van der Waals surface area contributed by atoms with Crippen LogP contribution in [0.15, 0.2) is 114 Å². The summed E-state index contributed by atoms with van der Waals surface area (Å²) in [5.41, 5.74) is 16.2. The number of fused-ring (bicyclic) bond motifs is 1. The molecule has 0 unspecified atom stereocenters. The van der Waals surface area contributed by atoms with Crippen LogP contribution in [0.4, 0.5) is 11.4 Å². The third-order valence-electron chi connectivity index (χ3n) is 9.07. The Morgan fingerprint density at radius 2 is 1.52 bits per heavy atom. The second-order valence-corrected chi connectivity index (χ2v) is 19.5. The number of allylic oxidation sites excluding steroid dienone is 11. The molecule has 6 radical (unpaired) electrons. The molecule has 0 saturated carbocycles. The van der Waals surface area contributed by atoms with Crippen molar-refractivity contribution in [2.24, 2.45) is 0 Å². The van der Waals surface area contributed by atoms with Gasteiger partial charge in [-0.15, -0.1) is 0 Å². The van der Waals surface area contributed by atoms with Gasteiger partial charge in [0.15, 0.2) is 0 Å². The molecule has 2 nitrogen and oxygen atoms in total. The van der Waals surface area contributed by atoms with E-state index in [9.17, 15) is 0 Å². The SMILES string of the molecule is CC.CCc1cc(CC)cc(C2=C(/C=C/C(=C/[CH2][Pb])c3ccc(N(C)C)cc3[SH2+])CCC/C2=C\C=C2/C=[C]([Pb])Sc3cc(N(C)C)ccc32)c1. The maximum absolute atomic E-state index is 3.96. The van der Waals surface area contributed by atoms with Crippen molar-refractivity contribution < 1.29 is 0 Å². The van der Waals surface area contributed by atoms with Crippen LogP contribution >= 0.6 is 11.8 Å². The molecule has 3 aromatic rings. The number of thioether (sulfide) groups is 1. The molecule has 50 heavy (non-hydrogen) atoms. The van der Waals surface area contributed by atoms with Crippen LogP contribution in [0.1, 0.15) is 74.8 Å². The Morgan fingerprint density at radius 1 is 0.860 bits per heavy atom. The van der Waals surface area contributed by atoms with Crippen molar-refractivity contribution >= 4 is 104 Å². The first-order valence-corrected chi connectivity index (χ1v) is 23.9. The Bertz CT molecular complexity index is 1840. The van der Waals surface area contributed by atoms with Crippen molar-refractivity contribution in [1.29, 1.82) is 0 Å². The molecular weight excluding hydrogens is 1040 g/mol. The molecular formula is C44H53N2Pb2S2+. The molecule has 3 aromatic carbocycles. The topological polar surface area (TPSA) is 6.48 Å². The number of rotatable bonds is 10. The molecule has 1 aliphatic heterocycles. The van der Waals surface area contributed by atoms with Gasteiger partial charge in [-0.1, -0.05) is 13.8 Å². The van der Waals surface area contributed by atoms with Crippen molar-refractivity contribution in [3.63, 3.8) is 0 Å². The average Bonchev–Trinajstić information content (AvgIpc) is 3.12.